The van der Waals surface area contributed by atoms with Crippen molar-refractivity contribution in [1.82, 2.24) is 0 Å². The molecule has 0 unspecified atom stereocenters. The maximum Gasteiger partial charge on any atom is 0.288 e. The fourth-order valence-corrected chi connectivity index (χ4v) is 2.56. The molecule has 1 aromatic heterocycles. The molecule has 0 aliphatic heterocycles. The van der Waals surface area contributed by atoms with Gasteiger partial charge in [0.15, 0.2) is 6.61 Å². The molecule has 0 N–H and O–H groups in total. The minimum atomic E-state index is -0.578. The van der Waals surface area contributed by atoms with Crippen LogP contribution in [0.25, 0.3) is 0 Å². The van der Waals surface area contributed by atoms with Gasteiger partial charge >= 0.3 is 0 Å². The maximum atomic E-state index is 11.8. The molecule has 0 bridgehead atoms. The van der Waals surface area contributed by atoms with E-state index in [1.807, 2.05) is 13.0 Å². The van der Waals surface area contributed by atoms with Crippen LogP contribution in [-0.4, -0.2) is 17.3 Å². The summed E-state index contributed by atoms with van der Waals surface area (Å²) in [6.07, 6.45) is 0. The molecule has 0 spiro atoms. The monoisotopic (exact) mass is 311 g/mol. The van der Waals surface area contributed by atoms with Gasteiger partial charge in [-0.15, -0.1) is 11.3 Å². The average molecular weight is 312 g/mol. The van der Waals surface area contributed by atoms with Crippen LogP contribution in [0.1, 0.15) is 14.5 Å². The predicted molar refractivity (Wildman–Crippen MR) is 77.0 cm³/mol. The normalized spacial score (nSPS) is 10.3. The first-order chi connectivity index (χ1) is 9.47. The Balaban J connectivity index is 2.02. The van der Waals surface area contributed by atoms with E-state index in [-0.39, 0.29) is 23.1 Å². The number of rotatable bonds is 5. The second-order valence-corrected chi connectivity index (χ2v) is 5.69. The minimum absolute atomic E-state index is 0.0214. The van der Waals surface area contributed by atoms with Gasteiger partial charge in [-0.05, 0) is 25.1 Å². The summed E-state index contributed by atoms with van der Waals surface area (Å²) in [5.74, 6) is 0.180. The third kappa shape index (κ3) is 3.34. The van der Waals surface area contributed by atoms with Crippen molar-refractivity contribution in [2.75, 3.05) is 6.61 Å². The van der Waals surface area contributed by atoms with Gasteiger partial charge in [0.2, 0.25) is 5.78 Å². The molecule has 0 aliphatic rings. The molecule has 5 nitrogen and oxygen atoms in total. The second-order valence-electron chi connectivity index (χ2n) is 3.99. The van der Waals surface area contributed by atoms with Gasteiger partial charge in [-0.2, -0.15) is 0 Å². The van der Waals surface area contributed by atoms with Crippen LogP contribution in [0.2, 0.25) is 5.02 Å². The number of ether oxygens (including phenoxy) is 1. The van der Waals surface area contributed by atoms with Gasteiger partial charge in [-0.1, -0.05) is 11.6 Å². The van der Waals surface area contributed by atoms with E-state index in [1.54, 1.807) is 6.07 Å². The largest absolute Gasteiger partial charge is 0.485 e. The van der Waals surface area contributed by atoms with E-state index in [0.717, 1.165) is 4.88 Å². The van der Waals surface area contributed by atoms with Crippen molar-refractivity contribution in [2.45, 2.75) is 6.92 Å². The third-order valence-corrected chi connectivity index (χ3v) is 3.85. The highest BCUT2D eigenvalue weighted by Crippen LogP contribution is 2.28. The van der Waals surface area contributed by atoms with Crippen molar-refractivity contribution < 1.29 is 14.5 Å². The number of halogens is 1. The fourth-order valence-electron chi connectivity index (χ4n) is 1.53. The van der Waals surface area contributed by atoms with E-state index in [1.165, 1.54) is 29.5 Å². The number of Topliss-reactive ketones (excluding diaryl/α,β-unsaturated/α-hetero) is 1. The van der Waals surface area contributed by atoms with Crippen LogP contribution >= 0.6 is 22.9 Å². The van der Waals surface area contributed by atoms with Gasteiger partial charge in [0.25, 0.3) is 5.69 Å². The van der Waals surface area contributed by atoms with E-state index in [0.29, 0.717) is 10.6 Å². The van der Waals surface area contributed by atoms with Crippen LogP contribution in [0, 0.1) is 17.0 Å². The Morgan fingerprint density at radius 1 is 1.40 bits per heavy atom. The van der Waals surface area contributed by atoms with Crippen molar-refractivity contribution in [1.29, 1.82) is 0 Å². The lowest BCUT2D eigenvalue weighted by Crippen LogP contribution is -2.10. The molecule has 0 amide bonds. The molecule has 1 heterocycles. The van der Waals surface area contributed by atoms with Crippen LogP contribution in [0.15, 0.2) is 30.3 Å². The molecule has 0 saturated carbocycles. The quantitative estimate of drug-likeness (QED) is 0.477. The Morgan fingerprint density at radius 3 is 2.70 bits per heavy atom. The van der Waals surface area contributed by atoms with Crippen LogP contribution in [0.4, 0.5) is 5.69 Å². The molecule has 0 aliphatic carbocycles. The molecule has 7 heteroatoms. The van der Waals surface area contributed by atoms with Crippen molar-refractivity contribution in [3.05, 3.63) is 55.2 Å². The fraction of sp³-hybridized carbons (Fsp3) is 0.154. The van der Waals surface area contributed by atoms with Gasteiger partial charge in [-0.3, -0.25) is 14.9 Å². The van der Waals surface area contributed by atoms with Gasteiger partial charge in [0.05, 0.1) is 9.80 Å². The summed E-state index contributed by atoms with van der Waals surface area (Å²) in [7, 11) is 0. The van der Waals surface area contributed by atoms with Crippen LogP contribution in [-0.2, 0) is 0 Å². The number of nitrogens with zero attached hydrogens (tertiary/aromatic N) is 1. The predicted octanol–water partition coefficient (Wildman–Crippen LogP) is 3.88. The molecule has 2 aromatic rings. The average Bonchev–Trinajstić information content (AvgIpc) is 2.82. The number of benzene rings is 1. The van der Waals surface area contributed by atoms with Crippen molar-refractivity contribution >= 4 is 34.4 Å². The summed E-state index contributed by atoms with van der Waals surface area (Å²) in [4.78, 5) is 23.5. The zero-order chi connectivity index (χ0) is 14.7. The summed E-state index contributed by atoms with van der Waals surface area (Å²) in [5, 5.41) is 10.6. The van der Waals surface area contributed by atoms with Crippen molar-refractivity contribution in [3.63, 3.8) is 0 Å². The number of nitro benzene ring substituents is 1. The molecule has 20 heavy (non-hydrogen) atoms. The highest BCUT2D eigenvalue weighted by Gasteiger charge is 2.14. The minimum Gasteiger partial charge on any atom is -0.485 e. The van der Waals surface area contributed by atoms with E-state index in [2.05, 4.69) is 0 Å². The SMILES string of the molecule is Cc1ccc(C(=O)COc2ccc([N+](=O)[O-])c(Cl)c2)s1. The van der Waals surface area contributed by atoms with Gasteiger partial charge < -0.3 is 4.74 Å². The molecule has 104 valence electrons. The first kappa shape index (κ1) is 14.5. The lowest BCUT2D eigenvalue weighted by atomic mass is 10.3. The van der Waals surface area contributed by atoms with E-state index in [4.69, 9.17) is 16.3 Å². The molecular weight excluding hydrogens is 302 g/mol. The number of ketones is 1. The number of hydrogen-bond donors (Lipinski definition) is 0. The zero-order valence-electron chi connectivity index (χ0n) is 10.5. The summed E-state index contributed by atoms with van der Waals surface area (Å²) in [5.41, 5.74) is -0.195. The molecular formula is C13H10ClNO4S. The first-order valence-corrected chi connectivity index (χ1v) is 6.83. The Bertz CT molecular complexity index is 668. The van der Waals surface area contributed by atoms with Gasteiger partial charge in [0.1, 0.15) is 10.8 Å². The Morgan fingerprint density at radius 2 is 2.15 bits per heavy atom. The summed E-state index contributed by atoms with van der Waals surface area (Å²) < 4.78 is 5.30. The van der Waals surface area contributed by atoms with E-state index in [9.17, 15) is 14.9 Å². The number of carbonyl (C=O) groups is 1. The maximum absolute atomic E-state index is 11.8. The van der Waals surface area contributed by atoms with E-state index >= 15 is 0 Å². The standard InChI is InChI=1S/C13H10ClNO4S/c1-8-2-5-13(20-8)12(16)7-19-9-3-4-11(15(17)18)10(14)6-9/h2-6H,7H2,1H3. The number of hydrogen-bond acceptors (Lipinski definition) is 5. The Kier molecular flexibility index (Phi) is 4.36. The number of carbonyl (C=O) groups excluding carboxylic acids is 1. The molecule has 1 aromatic carbocycles. The lowest BCUT2D eigenvalue weighted by molar-refractivity contribution is -0.384. The highest BCUT2D eigenvalue weighted by atomic mass is 35.5. The Labute approximate surface area is 123 Å². The van der Waals surface area contributed by atoms with Crippen LogP contribution in [0.3, 0.4) is 0 Å². The second kappa shape index (κ2) is 6.02. The molecule has 0 radical (unpaired) electrons. The smallest absolute Gasteiger partial charge is 0.288 e. The summed E-state index contributed by atoms with van der Waals surface area (Å²) >= 11 is 7.15. The molecule has 2 rings (SSSR count). The van der Waals surface area contributed by atoms with E-state index < -0.39 is 4.92 Å². The molecule has 0 atom stereocenters. The zero-order valence-corrected chi connectivity index (χ0v) is 12.0. The number of thiophene rings is 1. The Hall–Kier alpha value is -1.92. The highest BCUT2D eigenvalue weighted by molar-refractivity contribution is 7.14. The van der Waals surface area contributed by atoms with Crippen LogP contribution in [0.5, 0.6) is 5.75 Å². The van der Waals surface area contributed by atoms with Crippen LogP contribution < -0.4 is 4.74 Å². The molecule has 0 fully saturated rings. The summed E-state index contributed by atoms with van der Waals surface area (Å²) in [6, 6.07) is 7.59. The van der Waals surface area contributed by atoms with Crippen molar-refractivity contribution in [3.8, 4) is 5.75 Å². The molecule has 0 saturated heterocycles. The van der Waals surface area contributed by atoms with Gasteiger partial charge in [0, 0.05) is 17.0 Å². The van der Waals surface area contributed by atoms with Gasteiger partial charge in [-0.25, -0.2) is 0 Å². The summed E-state index contributed by atoms with van der Waals surface area (Å²) in [6.45, 7) is 1.78. The first-order valence-electron chi connectivity index (χ1n) is 5.64. The third-order valence-electron chi connectivity index (χ3n) is 2.50. The number of aryl methyl sites for hydroxylation is 1. The number of nitro groups is 1. The lowest BCUT2D eigenvalue weighted by Gasteiger charge is -2.05. The van der Waals surface area contributed by atoms with Crippen molar-refractivity contribution in [2.24, 2.45) is 0 Å². The topological polar surface area (TPSA) is 69.4 Å².